The van der Waals surface area contributed by atoms with E-state index in [-0.39, 0.29) is 25.5 Å². The van der Waals surface area contributed by atoms with Gasteiger partial charge >= 0.3 is 5.97 Å². The lowest BCUT2D eigenvalue weighted by Crippen LogP contribution is -2.57. The number of nitrogens with two attached hydrogens (primary N) is 1. The number of hydrogen-bond acceptors (Lipinski definition) is 5. The second kappa shape index (κ2) is 4.81. The molecule has 0 aromatic carbocycles. The van der Waals surface area contributed by atoms with Gasteiger partial charge in [0.1, 0.15) is 6.04 Å². The van der Waals surface area contributed by atoms with Gasteiger partial charge in [-0.05, 0) is 6.92 Å². The number of nitrogens with zero attached hydrogens (tertiary/aromatic N) is 2. The maximum absolute atomic E-state index is 12.8. The van der Waals surface area contributed by atoms with Crippen LogP contribution in [0.5, 0.6) is 0 Å². The average Bonchev–Trinajstić information content (AvgIpc) is 3.04. The Labute approximate surface area is 121 Å². The number of amides is 1. The molecule has 0 aliphatic carbocycles. The number of hydrogen-bond donors (Lipinski definition) is 3. The van der Waals surface area contributed by atoms with E-state index in [4.69, 9.17) is 10.5 Å². The van der Waals surface area contributed by atoms with Crippen LogP contribution in [0.2, 0.25) is 0 Å². The normalized spacial score (nSPS) is 32.0. The van der Waals surface area contributed by atoms with Crippen molar-refractivity contribution in [2.45, 2.75) is 32.0 Å². The number of aromatic amines is 1. The van der Waals surface area contributed by atoms with E-state index in [1.807, 2.05) is 0 Å². The van der Waals surface area contributed by atoms with Crippen molar-refractivity contribution >= 4 is 11.9 Å². The van der Waals surface area contributed by atoms with Crippen LogP contribution in [0.25, 0.3) is 0 Å². The van der Waals surface area contributed by atoms with Gasteiger partial charge in [-0.15, -0.1) is 0 Å². The maximum Gasteiger partial charge on any atom is 0.326 e. The van der Waals surface area contributed by atoms with Gasteiger partial charge in [-0.25, -0.2) is 9.78 Å². The number of aromatic nitrogens is 2. The Morgan fingerprint density at radius 3 is 3.00 bits per heavy atom. The van der Waals surface area contributed by atoms with Crippen molar-refractivity contribution in [2.24, 2.45) is 11.1 Å². The summed E-state index contributed by atoms with van der Waals surface area (Å²) >= 11 is 0. The SMILES string of the molecule is CC1(C(=O)N2Cc3[nH]cnc3CC2C(=O)O)COCC1N. The third-order valence-electron chi connectivity index (χ3n) is 4.45. The van der Waals surface area contributed by atoms with Crippen molar-refractivity contribution in [3.8, 4) is 0 Å². The van der Waals surface area contributed by atoms with Crippen molar-refractivity contribution < 1.29 is 19.4 Å². The first kappa shape index (κ1) is 14.0. The molecule has 1 amide bonds. The summed E-state index contributed by atoms with van der Waals surface area (Å²) in [6.45, 7) is 2.45. The fourth-order valence-electron chi connectivity index (χ4n) is 2.91. The van der Waals surface area contributed by atoms with E-state index < -0.39 is 23.5 Å². The van der Waals surface area contributed by atoms with E-state index in [0.29, 0.717) is 12.3 Å². The number of imidazole rings is 1. The summed E-state index contributed by atoms with van der Waals surface area (Å²) in [5.74, 6) is -1.31. The molecule has 2 aliphatic rings. The first-order valence-electron chi connectivity index (χ1n) is 6.82. The van der Waals surface area contributed by atoms with Gasteiger partial charge in [0.2, 0.25) is 5.91 Å². The molecule has 1 saturated heterocycles. The minimum atomic E-state index is -1.03. The van der Waals surface area contributed by atoms with E-state index in [2.05, 4.69) is 9.97 Å². The summed E-state index contributed by atoms with van der Waals surface area (Å²) in [5.41, 5.74) is 6.57. The minimum absolute atomic E-state index is 0.200. The quantitative estimate of drug-likeness (QED) is 0.650. The van der Waals surface area contributed by atoms with E-state index >= 15 is 0 Å². The fraction of sp³-hybridized carbons (Fsp3) is 0.615. The van der Waals surface area contributed by atoms with Crippen LogP contribution >= 0.6 is 0 Å². The Kier molecular flexibility index (Phi) is 3.22. The molecule has 0 spiro atoms. The highest BCUT2D eigenvalue weighted by Crippen LogP contribution is 2.33. The van der Waals surface area contributed by atoms with Gasteiger partial charge in [-0.1, -0.05) is 0 Å². The predicted octanol–water partition coefficient (Wildman–Crippen LogP) is -0.889. The highest BCUT2D eigenvalue weighted by Gasteiger charge is 2.49. The van der Waals surface area contributed by atoms with Gasteiger partial charge < -0.3 is 25.5 Å². The van der Waals surface area contributed by atoms with Crippen LogP contribution in [0.15, 0.2) is 6.33 Å². The molecule has 0 saturated carbocycles. The van der Waals surface area contributed by atoms with Crippen molar-refractivity contribution in [1.29, 1.82) is 0 Å². The average molecular weight is 294 g/mol. The lowest BCUT2D eigenvalue weighted by atomic mass is 9.83. The Bertz CT molecular complexity index is 586. The van der Waals surface area contributed by atoms with Crippen LogP contribution in [-0.4, -0.2) is 57.1 Å². The lowest BCUT2D eigenvalue weighted by Gasteiger charge is -2.38. The summed E-state index contributed by atoms with van der Waals surface area (Å²) in [5, 5.41) is 9.42. The van der Waals surface area contributed by atoms with E-state index in [1.54, 1.807) is 6.92 Å². The highest BCUT2D eigenvalue weighted by molar-refractivity contribution is 5.88. The first-order chi connectivity index (χ1) is 9.93. The van der Waals surface area contributed by atoms with Crippen molar-refractivity contribution in [1.82, 2.24) is 14.9 Å². The molecule has 114 valence electrons. The molecule has 3 heterocycles. The van der Waals surface area contributed by atoms with Crippen LogP contribution in [0.3, 0.4) is 0 Å². The molecule has 0 radical (unpaired) electrons. The molecule has 8 nitrogen and oxygen atoms in total. The third-order valence-corrected chi connectivity index (χ3v) is 4.45. The topological polar surface area (TPSA) is 122 Å². The molecule has 3 unspecified atom stereocenters. The number of ether oxygens (including phenoxy) is 1. The lowest BCUT2D eigenvalue weighted by molar-refractivity contribution is -0.156. The highest BCUT2D eigenvalue weighted by atomic mass is 16.5. The Morgan fingerprint density at radius 1 is 1.62 bits per heavy atom. The molecular formula is C13H18N4O4. The first-order valence-corrected chi connectivity index (χ1v) is 6.82. The number of carboxylic acid groups (broad SMARTS) is 1. The van der Waals surface area contributed by atoms with Crippen molar-refractivity contribution in [3.05, 3.63) is 17.7 Å². The number of H-pyrrole nitrogens is 1. The molecule has 21 heavy (non-hydrogen) atoms. The maximum atomic E-state index is 12.8. The molecule has 1 aromatic rings. The monoisotopic (exact) mass is 294 g/mol. The fourth-order valence-corrected chi connectivity index (χ4v) is 2.91. The van der Waals surface area contributed by atoms with Crippen LogP contribution < -0.4 is 5.73 Å². The van der Waals surface area contributed by atoms with Gasteiger partial charge in [0.25, 0.3) is 0 Å². The standard InChI is InChI=1S/C13H18N4O4/c1-13(5-21-4-10(13)14)12(20)17-3-8-7(15-6-16-8)2-9(17)11(18)19/h6,9-10H,2-5,14H2,1H3,(H,15,16)(H,18,19). The van der Waals surface area contributed by atoms with E-state index in [1.165, 1.54) is 11.2 Å². The zero-order chi connectivity index (χ0) is 15.2. The zero-order valence-corrected chi connectivity index (χ0v) is 11.7. The Morgan fingerprint density at radius 2 is 2.38 bits per heavy atom. The van der Waals surface area contributed by atoms with Gasteiger partial charge in [0.05, 0.1) is 42.9 Å². The summed E-state index contributed by atoms with van der Waals surface area (Å²) in [6, 6.07) is -1.35. The molecule has 2 aliphatic heterocycles. The number of carboxylic acids is 1. The second-order valence-corrected chi connectivity index (χ2v) is 5.86. The minimum Gasteiger partial charge on any atom is -0.480 e. The number of fused-ring (bicyclic) bond motifs is 1. The molecule has 4 N–H and O–H groups in total. The van der Waals surface area contributed by atoms with Crippen LogP contribution in [0, 0.1) is 5.41 Å². The molecule has 1 aromatic heterocycles. The van der Waals surface area contributed by atoms with Crippen LogP contribution in [0.1, 0.15) is 18.3 Å². The molecule has 3 atom stereocenters. The summed E-state index contributed by atoms with van der Waals surface area (Å²) in [6.07, 6.45) is 1.72. The smallest absolute Gasteiger partial charge is 0.326 e. The second-order valence-electron chi connectivity index (χ2n) is 5.86. The third kappa shape index (κ3) is 2.11. The summed E-state index contributed by atoms with van der Waals surface area (Å²) in [4.78, 5) is 32.8. The molecular weight excluding hydrogens is 276 g/mol. The zero-order valence-electron chi connectivity index (χ0n) is 11.7. The number of rotatable bonds is 2. The number of carbonyl (C=O) groups is 2. The van der Waals surface area contributed by atoms with Crippen LogP contribution in [-0.2, 0) is 27.3 Å². The molecule has 0 bridgehead atoms. The number of nitrogens with one attached hydrogen (secondary N) is 1. The largest absolute Gasteiger partial charge is 0.480 e. The molecule has 8 heteroatoms. The van der Waals surface area contributed by atoms with Crippen molar-refractivity contribution in [3.63, 3.8) is 0 Å². The summed E-state index contributed by atoms with van der Waals surface area (Å²) in [7, 11) is 0. The van der Waals surface area contributed by atoms with Gasteiger partial charge in [-0.3, -0.25) is 4.79 Å². The Balaban J connectivity index is 1.92. The van der Waals surface area contributed by atoms with E-state index in [0.717, 1.165) is 5.69 Å². The van der Waals surface area contributed by atoms with Gasteiger partial charge in [0, 0.05) is 12.5 Å². The van der Waals surface area contributed by atoms with Gasteiger partial charge in [0.15, 0.2) is 0 Å². The molecule has 3 rings (SSSR count). The van der Waals surface area contributed by atoms with Crippen molar-refractivity contribution in [2.75, 3.05) is 13.2 Å². The predicted molar refractivity (Wildman–Crippen MR) is 71.2 cm³/mol. The number of aliphatic carboxylic acids is 1. The van der Waals surface area contributed by atoms with Crippen LogP contribution in [0.4, 0.5) is 0 Å². The summed E-state index contributed by atoms with van der Waals surface area (Å²) < 4.78 is 5.29. The number of carbonyl (C=O) groups excluding carboxylic acids is 1. The van der Waals surface area contributed by atoms with E-state index in [9.17, 15) is 14.7 Å². The Hall–Kier alpha value is -1.93. The molecule has 1 fully saturated rings. The van der Waals surface area contributed by atoms with Gasteiger partial charge in [-0.2, -0.15) is 0 Å².